The van der Waals surface area contributed by atoms with Crippen LogP contribution >= 0.6 is 22.9 Å². The Labute approximate surface area is 143 Å². The molecule has 3 nitrogen and oxygen atoms in total. The summed E-state index contributed by atoms with van der Waals surface area (Å²) in [4.78, 5) is 16.5. The molecule has 0 saturated carbocycles. The number of fused-ring (bicyclic) bond motifs is 1. The molecule has 0 aliphatic rings. The number of rotatable bonds is 2. The van der Waals surface area contributed by atoms with Crippen molar-refractivity contribution >= 4 is 44.6 Å². The van der Waals surface area contributed by atoms with Gasteiger partial charge in [-0.25, -0.2) is 4.98 Å². The highest BCUT2D eigenvalue weighted by molar-refractivity contribution is 7.21. The summed E-state index contributed by atoms with van der Waals surface area (Å²) in [6, 6.07) is 7.13. The second-order valence-corrected chi connectivity index (χ2v) is 6.62. The van der Waals surface area contributed by atoms with Crippen molar-refractivity contribution in [2.75, 3.05) is 5.73 Å². The summed E-state index contributed by atoms with van der Waals surface area (Å²) >= 11 is 6.65. The van der Waals surface area contributed by atoms with Crippen LogP contribution in [0.2, 0.25) is 5.02 Å². The molecule has 0 fully saturated rings. The van der Waals surface area contributed by atoms with Crippen LogP contribution in [0.25, 0.3) is 10.2 Å². The largest absolute Gasteiger partial charge is 0.433 e. The molecule has 2 N–H and O–H groups in total. The van der Waals surface area contributed by atoms with E-state index in [2.05, 4.69) is 4.98 Å². The van der Waals surface area contributed by atoms with Crippen molar-refractivity contribution in [2.45, 2.75) is 13.1 Å². The monoisotopic (exact) mass is 370 g/mol. The van der Waals surface area contributed by atoms with E-state index in [1.165, 1.54) is 19.1 Å². The Morgan fingerprint density at radius 3 is 2.46 bits per heavy atom. The fourth-order valence-electron chi connectivity index (χ4n) is 2.36. The quantitative estimate of drug-likeness (QED) is 0.639. The van der Waals surface area contributed by atoms with Crippen molar-refractivity contribution in [3.63, 3.8) is 0 Å². The first-order valence-electron chi connectivity index (χ1n) is 6.75. The van der Waals surface area contributed by atoms with Crippen LogP contribution in [0.15, 0.2) is 30.3 Å². The second kappa shape index (κ2) is 5.75. The Kier molecular flexibility index (Phi) is 4.01. The zero-order valence-electron chi connectivity index (χ0n) is 12.2. The molecule has 0 bridgehead atoms. The van der Waals surface area contributed by atoms with Gasteiger partial charge in [0.1, 0.15) is 15.4 Å². The number of nitrogen functional groups attached to an aromatic ring is 1. The van der Waals surface area contributed by atoms with E-state index in [0.29, 0.717) is 21.5 Å². The van der Waals surface area contributed by atoms with E-state index in [9.17, 15) is 18.0 Å². The lowest BCUT2D eigenvalue weighted by Gasteiger charge is -2.07. The third kappa shape index (κ3) is 2.85. The van der Waals surface area contributed by atoms with E-state index in [4.69, 9.17) is 17.3 Å². The van der Waals surface area contributed by atoms with Gasteiger partial charge in [-0.2, -0.15) is 13.2 Å². The SMILES string of the molecule is Cc1cc(C(F)(F)F)nc2sc(C(=O)c3ccc(Cl)cc3)c(N)c12. The molecule has 0 radical (unpaired) electrons. The molecule has 3 rings (SSSR count). The number of hydrogen-bond acceptors (Lipinski definition) is 4. The Hall–Kier alpha value is -2.12. The smallest absolute Gasteiger partial charge is 0.397 e. The van der Waals surface area contributed by atoms with Gasteiger partial charge in [-0.1, -0.05) is 11.6 Å². The van der Waals surface area contributed by atoms with Crippen LogP contribution in [0, 0.1) is 6.92 Å². The van der Waals surface area contributed by atoms with Crippen LogP contribution in [0.3, 0.4) is 0 Å². The van der Waals surface area contributed by atoms with Crippen molar-refractivity contribution in [1.29, 1.82) is 0 Å². The van der Waals surface area contributed by atoms with E-state index in [0.717, 1.165) is 17.4 Å². The minimum atomic E-state index is -4.56. The van der Waals surface area contributed by atoms with E-state index in [1.807, 2.05) is 0 Å². The number of carbonyl (C=O) groups is 1. The Morgan fingerprint density at radius 2 is 1.88 bits per heavy atom. The van der Waals surface area contributed by atoms with Gasteiger partial charge < -0.3 is 5.73 Å². The van der Waals surface area contributed by atoms with Crippen molar-refractivity contribution in [3.05, 3.63) is 57.1 Å². The number of halogens is 4. The number of carbonyl (C=O) groups excluding carboxylic acids is 1. The molecule has 0 aliphatic heterocycles. The van der Waals surface area contributed by atoms with Gasteiger partial charge in [-0.15, -0.1) is 11.3 Å². The minimum absolute atomic E-state index is 0.0946. The number of anilines is 1. The molecule has 0 saturated heterocycles. The van der Waals surface area contributed by atoms with Crippen molar-refractivity contribution < 1.29 is 18.0 Å². The summed E-state index contributed by atoms with van der Waals surface area (Å²) in [5.41, 5.74) is 5.84. The first-order chi connectivity index (χ1) is 11.2. The maximum absolute atomic E-state index is 12.9. The van der Waals surface area contributed by atoms with E-state index in [1.54, 1.807) is 12.1 Å². The molecular weight excluding hydrogens is 361 g/mol. The predicted octanol–water partition coefficient (Wildman–Crippen LogP) is 5.09. The Bertz CT molecular complexity index is 949. The Balaban J connectivity index is 2.16. The fraction of sp³-hybridized carbons (Fsp3) is 0.125. The molecule has 8 heteroatoms. The summed E-state index contributed by atoms with van der Waals surface area (Å²) in [6.07, 6.45) is -4.56. The highest BCUT2D eigenvalue weighted by Gasteiger charge is 2.34. The third-order valence-corrected chi connectivity index (χ3v) is 4.85. The lowest BCUT2D eigenvalue weighted by atomic mass is 10.1. The molecule has 0 atom stereocenters. The predicted molar refractivity (Wildman–Crippen MR) is 88.7 cm³/mol. The molecule has 3 aromatic rings. The minimum Gasteiger partial charge on any atom is -0.397 e. The molecular formula is C16H10ClF3N2OS. The lowest BCUT2D eigenvalue weighted by Crippen LogP contribution is -2.08. The number of nitrogens with zero attached hydrogens (tertiary/aromatic N) is 1. The van der Waals surface area contributed by atoms with Gasteiger partial charge in [-0.05, 0) is 42.8 Å². The van der Waals surface area contributed by atoms with Crippen LogP contribution in [-0.2, 0) is 6.18 Å². The van der Waals surface area contributed by atoms with Gasteiger partial charge in [0.2, 0.25) is 5.78 Å². The summed E-state index contributed by atoms with van der Waals surface area (Å²) in [5, 5.41) is 0.855. The molecule has 124 valence electrons. The van der Waals surface area contributed by atoms with Gasteiger partial charge >= 0.3 is 6.18 Å². The second-order valence-electron chi connectivity index (χ2n) is 5.18. The number of nitrogens with two attached hydrogens (primary N) is 1. The van der Waals surface area contributed by atoms with Crippen LogP contribution in [-0.4, -0.2) is 10.8 Å². The van der Waals surface area contributed by atoms with Gasteiger partial charge in [0.05, 0.1) is 5.69 Å². The number of ketones is 1. The highest BCUT2D eigenvalue weighted by Crippen LogP contribution is 2.39. The van der Waals surface area contributed by atoms with E-state index >= 15 is 0 Å². The number of aryl methyl sites for hydroxylation is 1. The summed E-state index contributed by atoms with van der Waals surface area (Å²) in [7, 11) is 0. The normalized spacial score (nSPS) is 11.9. The van der Waals surface area contributed by atoms with Gasteiger partial charge in [-0.3, -0.25) is 4.79 Å². The number of benzene rings is 1. The molecule has 0 amide bonds. The molecule has 2 heterocycles. The maximum Gasteiger partial charge on any atom is 0.433 e. The highest BCUT2D eigenvalue weighted by atomic mass is 35.5. The lowest BCUT2D eigenvalue weighted by molar-refractivity contribution is -0.141. The number of hydrogen-bond donors (Lipinski definition) is 1. The first-order valence-corrected chi connectivity index (χ1v) is 7.95. The van der Waals surface area contributed by atoms with Gasteiger partial charge in [0.25, 0.3) is 0 Å². The van der Waals surface area contributed by atoms with Crippen LogP contribution in [0.5, 0.6) is 0 Å². The number of pyridine rings is 1. The van der Waals surface area contributed by atoms with Crippen LogP contribution in [0.4, 0.5) is 18.9 Å². The molecule has 1 aromatic carbocycles. The Morgan fingerprint density at radius 1 is 1.25 bits per heavy atom. The van der Waals surface area contributed by atoms with Crippen molar-refractivity contribution in [2.24, 2.45) is 0 Å². The van der Waals surface area contributed by atoms with Crippen molar-refractivity contribution in [1.82, 2.24) is 4.98 Å². The van der Waals surface area contributed by atoms with Gasteiger partial charge in [0.15, 0.2) is 0 Å². The van der Waals surface area contributed by atoms with Crippen LogP contribution < -0.4 is 5.73 Å². The summed E-state index contributed by atoms with van der Waals surface area (Å²) < 4.78 is 38.7. The van der Waals surface area contributed by atoms with Gasteiger partial charge in [0, 0.05) is 16.0 Å². The standard InChI is InChI=1S/C16H10ClF3N2OS/c1-7-6-10(16(18,19)20)22-15-11(7)12(21)14(24-15)13(23)8-2-4-9(17)5-3-8/h2-6H,21H2,1H3. The molecule has 0 aliphatic carbocycles. The number of thiophene rings is 1. The van der Waals surface area contributed by atoms with Crippen LogP contribution in [0.1, 0.15) is 26.5 Å². The molecule has 2 aromatic heterocycles. The molecule has 24 heavy (non-hydrogen) atoms. The number of aromatic nitrogens is 1. The zero-order chi connectivity index (χ0) is 17.6. The summed E-state index contributed by atoms with van der Waals surface area (Å²) in [6.45, 7) is 1.51. The topological polar surface area (TPSA) is 56.0 Å². The molecule has 0 spiro atoms. The third-order valence-electron chi connectivity index (χ3n) is 3.50. The average Bonchev–Trinajstić information content (AvgIpc) is 2.84. The first kappa shape index (κ1) is 16.7. The number of alkyl halides is 3. The fourth-order valence-corrected chi connectivity index (χ4v) is 3.62. The maximum atomic E-state index is 12.9. The zero-order valence-corrected chi connectivity index (χ0v) is 13.8. The van der Waals surface area contributed by atoms with E-state index in [-0.39, 0.29) is 21.2 Å². The summed E-state index contributed by atoms with van der Waals surface area (Å²) in [5.74, 6) is -0.375. The van der Waals surface area contributed by atoms with E-state index < -0.39 is 11.9 Å². The van der Waals surface area contributed by atoms with Crippen molar-refractivity contribution in [3.8, 4) is 0 Å². The molecule has 0 unspecified atom stereocenters. The average molecular weight is 371 g/mol.